The molecule has 0 saturated heterocycles. The number of amides is 1. The Balaban J connectivity index is 2.12. The first-order valence-corrected chi connectivity index (χ1v) is 6.57. The molecule has 1 aliphatic carbocycles. The van der Waals surface area contributed by atoms with E-state index in [-0.39, 0.29) is 5.91 Å². The van der Waals surface area contributed by atoms with Gasteiger partial charge in [0.1, 0.15) is 5.75 Å². The second-order valence-electron chi connectivity index (χ2n) is 5.19. The molecule has 1 aliphatic rings. The molecule has 18 heavy (non-hydrogen) atoms. The van der Waals surface area contributed by atoms with Crippen molar-refractivity contribution in [2.75, 3.05) is 7.11 Å². The molecule has 0 saturated carbocycles. The van der Waals surface area contributed by atoms with Crippen LogP contribution in [0.3, 0.4) is 0 Å². The number of carbonyl (C=O) groups excluding carboxylic acids is 1. The van der Waals surface area contributed by atoms with Gasteiger partial charge in [0, 0.05) is 6.42 Å². The van der Waals surface area contributed by atoms with Gasteiger partial charge in [0.25, 0.3) is 0 Å². The molecule has 1 aromatic rings. The molecule has 2 atom stereocenters. The Morgan fingerprint density at radius 3 is 3.00 bits per heavy atom. The summed E-state index contributed by atoms with van der Waals surface area (Å²) >= 11 is 0. The summed E-state index contributed by atoms with van der Waals surface area (Å²) < 4.78 is 5.29. The maximum absolute atomic E-state index is 10.9. The molecule has 0 radical (unpaired) electrons. The van der Waals surface area contributed by atoms with Crippen molar-refractivity contribution < 1.29 is 9.53 Å². The average Bonchev–Trinajstić information content (AvgIpc) is 2.78. The SMILES string of the molecule is COc1ccc2c(c1)C(C(C)CCC(N)=O)CC2. The normalized spacial score (nSPS) is 19.3. The van der Waals surface area contributed by atoms with E-state index in [1.165, 1.54) is 17.5 Å². The monoisotopic (exact) mass is 247 g/mol. The molecular weight excluding hydrogens is 226 g/mol. The first kappa shape index (κ1) is 12.9. The van der Waals surface area contributed by atoms with Crippen LogP contribution < -0.4 is 10.5 Å². The molecule has 2 N–H and O–H groups in total. The highest BCUT2D eigenvalue weighted by atomic mass is 16.5. The fourth-order valence-corrected chi connectivity index (χ4v) is 2.90. The summed E-state index contributed by atoms with van der Waals surface area (Å²) in [5.41, 5.74) is 8.04. The summed E-state index contributed by atoms with van der Waals surface area (Å²) in [4.78, 5) is 10.9. The number of methoxy groups -OCH3 is 1. The molecule has 1 amide bonds. The van der Waals surface area contributed by atoms with Crippen LogP contribution in [0.2, 0.25) is 0 Å². The number of benzene rings is 1. The first-order chi connectivity index (χ1) is 8.61. The van der Waals surface area contributed by atoms with Crippen molar-refractivity contribution in [2.45, 2.75) is 38.5 Å². The first-order valence-electron chi connectivity index (χ1n) is 6.57. The fraction of sp³-hybridized carbons (Fsp3) is 0.533. The van der Waals surface area contributed by atoms with Crippen molar-refractivity contribution in [1.82, 2.24) is 0 Å². The summed E-state index contributed by atoms with van der Waals surface area (Å²) in [5, 5.41) is 0. The van der Waals surface area contributed by atoms with Crippen molar-refractivity contribution in [3.63, 3.8) is 0 Å². The lowest BCUT2D eigenvalue weighted by atomic mass is 9.85. The standard InChI is InChI=1S/C15H21NO2/c1-10(3-8-15(16)17)13-7-5-11-4-6-12(18-2)9-14(11)13/h4,6,9-10,13H,3,5,7-8H2,1-2H3,(H2,16,17). The summed E-state index contributed by atoms with van der Waals surface area (Å²) in [6.45, 7) is 2.21. The van der Waals surface area contributed by atoms with Gasteiger partial charge in [-0.15, -0.1) is 0 Å². The number of rotatable bonds is 5. The minimum atomic E-state index is -0.203. The van der Waals surface area contributed by atoms with E-state index in [4.69, 9.17) is 10.5 Å². The Morgan fingerprint density at radius 2 is 2.33 bits per heavy atom. The van der Waals surface area contributed by atoms with E-state index in [0.717, 1.165) is 18.6 Å². The van der Waals surface area contributed by atoms with Crippen LogP contribution in [0.1, 0.15) is 43.2 Å². The van der Waals surface area contributed by atoms with Crippen molar-refractivity contribution in [2.24, 2.45) is 11.7 Å². The molecule has 0 aliphatic heterocycles. The Hall–Kier alpha value is -1.51. The van der Waals surface area contributed by atoms with Crippen molar-refractivity contribution in [3.05, 3.63) is 29.3 Å². The molecule has 0 bridgehead atoms. The molecule has 0 spiro atoms. The smallest absolute Gasteiger partial charge is 0.217 e. The lowest BCUT2D eigenvalue weighted by Crippen LogP contribution is -2.14. The van der Waals surface area contributed by atoms with Gasteiger partial charge in [-0.3, -0.25) is 4.79 Å². The van der Waals surface area contributed by atoms with Crippen LogP contribution in [-0.4, -0.2) is 13.0 Å². The third-order valence-corrected chi connectivity index (χ3v) is 4.01. The zero-order chi connectivity index (χ0) is 13.1. The predicted octanol–water partition coefficient (Wildman–Crippen LogP) is 2.63. The highest BCUT2D eigenvalue weighted by Gasteiger charge is 2.27. The number of ether oxygens (including phenoxy) is 1. The summed E-state index contributed by atoms with van der Waals surface area (Å²) in [6.07, 6.45) is 3.65. The minimum Gasteiger partial charge on any atom is -0.497 e. The lowest BCUT2D eigenvalue weighted by molar-refractivity contribution is -0.118. The third-order valence-electron chi connectivity index (χ3n) is 4.01. The summed E-state index contributed by atoms with van der Waals surface area (Å²) in [5.74, 6) is 1.74. The zero-order valence-electron chi connectivity index (χ0n) is 11.1. The largest absolute Gasteiger partial charge is 0.497 e. The van der Waals surface area contributed by atoms with E-state index in [0.29, 0.717) is 18.3 Å². The van der Waals surface area contributed by atoms with Crippen LogP contribution in [0.4, 0.5) is 0 Å². The van der Waals surface area contributed by atoms with E-state index in [1.807, 2.05) is 6.07 Å². The van der Waals surface area contributed by atoms with E-state index in [1.54, 1.807) is 7.11 Å². The minimum absolute atomic E-state index is 0.203. The average molecular weight is 247 g/mol. The molecule has 1 aromatic carbocycles. The second kappa shape index (κ2) is 5.42. The number of hydrogen-bond donors (Lipinski definition) is 1. The molecule has 0 heterocycles. The van der Waals surface area contributed by atoms with Gasteiger partial charge < -0.3 is 10.5 Å². The Bertz CT molecular complexity index is 442. The number of aryl methyl sites for hydroxylation is 1. The van der Waals surface area contributed by atoms with Crippen LogP contribution in [0.25, 0.3) is 0 Å². The van der Waals surface area contributed by atoms with Crippen molar-refractivity contribution in [3.8, 4) is 5.75 Å². The van der Waals surface area contributed by atoms with E-state index in [2.05, 4.69) is 19.1 Å². The Labute approximate surface area is 108 Å². The molecular formula is C15H21NO2. The number of primary amides is 1. The van der Waals surface area contributed by atoms with Gasteiger partial charge in [-0.1, -0.05) is 13.0 Å². The van der Waals surface area contributed by atoms with Crippen LogP contribution in [0.5, 0.6) is 5.75 Å². The molecule has 3 nitrogen and oxygen atoms in total. The molecule has 0 fully saturated rings. The number of fused-ring (bicyclic) bond motifs is 1. The van der Waals surface area contributed by atoms with Gasteiger partial charge in [-0.2, -0.15) is 0 Å². The highest BCUT2D eigenvalue weighted by molar-refractivity contribution is 5.73. The van der Waals surface area contributed by atoms with Crippen molar-refractivity contribution in [1.29, 1.82) is 0 Å². The van der Waals surface area contributed by atoms with Crippen LogP contribution in [0.15, 0.2) is 18.2 Å². The van der Waals surface area contributed by atoms with Gasteiger partial charge in [-0.25, -0.2) is 0 Å². The number of hydrogen-bond acceptors (Lipinski definition) is 2. The second-order valence-corrected chi connectivity index (χ2v) is 5.19. The predicted molar refractivity (Wildman–Crippen MR) is 71.6 cm³/mol. The van der Waals surface area contributed by atoms with Gasteiger partial charge in [-0.05, 0) is 54.4 Å². The van der Waals surface area contributed by atoms with Gasteiger partial charge in [0.05, 0.1) is 7.11 Å². The maximum atomic E-state index is 10.9. The van der Waals surface area contributed by atoms with Crippen LogP contribution in [0, 0.1) is 5.92 Å². The van der Waals surface area contributed by atoms with Crippen molar-refractivity contribution >= 4 is 5.91 Å². The fourth-order valence-electron chi connectivity index (χ4n) is 2.90. The summed E-state index contributed by atoms with van der Waals surface area (Å²) in [6, 6.07) is 6.33. The maximum Gasteiger partial charge on any atom is 0.217 e. The quantitative estimate of drug-likeness (QED) is 0.869. The van der Waals surface area contributed by atoms with Gasteiger partial charge >= 0.3 is 0 Å². The Morgan fingerprint density at radius 1 is 1.56 bits per heavy atom. The molecule has 0 aromatic heterocycles. The highest BCUT2D eigenvalue weighted by Crippen LogP contribution is 2.41. The molecule has 2 unspecified atom stereocenters. The topological polar surface area (TPSA) is 52.3 Å². The van der Waals surface area contributed by atoms with E-state index in [9.17, 15) is 4.79 Å². The molecule has 3 heteroatoms. The van der Waals surface area contributed by atoms with E-state index < -0.39 is 0 Å². The van der Waals surface area contributed by atoms with Gasteiger partial charge in [0.2, 0.25) is 5.91 Å². The van der Waals surface area contributed by atoms with Crippen LogP contribution in [-0.2, 0) is 11.2 Å². The number of carbonyl (C=O) groups is 1. The lowest BCUT2D eigenvalue weighted by Gasteiger charge is -2.20. The molecule has 2 rings (SSSR count). The van der Waals surface area contributed by atoms with Gasteiger partial charge in [0.15, 0.2) is 0 Å². The number of nitrogens with two attached hydrogens (primary N) is 1. The summed E-state index contributed by atoms with van der Waals surface area (Å²) in [7, 11) is 1.70. The van der Waals surface area contributed by atoms with Crippen LogP contribution >= 0.6 is 0 Å². The zero-order valence-corrected chi connectivity index (χ0v) is 11.1. The van der Waals surface area contributed by atoms with E-state index >= 15 is 0 Å². The molecule has 98 valence electrons. The third kappa shape index (κ3) is 2.66. The Kier molecular flexibility index (Phi) is 3.90.